The first-order valence-corrected chi connectivity index (χ1v) is 10.1. The molecule has 5 nitrogen and oxygen atoms in total. The van der Waals surface area contributed by atoms with E-state index in [0.717, 1.165) is 15.6 Å². The van der Waals surface area contributed by atoms with Crippen molar-refractivity contribution in [2.45, 2.75) is 24.9 Å². The van der Waals surface area contributed by atoms with Crippen LogP contribution in [0.5, 0.6) is 11.5 Å². The summed E-state index contributed by atoms with van der Waals surface area (Å²) in [5, 5.41) is 12.9. The molecule has 7 heteroatoms. The topological polar surface area (TPSA) is 75.2 Å². The summed E-state index contributed by atoms with van der Waals surface area (Å²) in [6.45, 7) is 2.49. The molecular weight excluding hydrogens is 418 g/mol. The van der Waals surface area contributed by atoms with Crippen molar-refractivity contribution in [3.63, 3.8) is 0 Å². The van der Waals surface area contributed by atoms with E-state index in [4.69, 9.17) is 9.47 Å². The van der Waals surface area contributed by atoms with E-state index in [-0.39, 0.29) is 5.37 Å². The smallest absolute Gasteiger partial charge is 0.175 e. The van der Waals surface area contributed by atoms with Crippen molar-refractivity contribution in [3.8, 4) is 11.5 Å². The molecule has 2 aromatic rings. The number of hydrogen-bond acceptors (Lipinski definition) is 5. The third-order valence-electron chi connectivity index (χ3n) is 4.38. The van der Waals surface area contributed by atoms with Gasteiger partial charge in [-0.05, 0) is 46.1 Å². The zero-order valence-electron chi connectivity index (χ0n) is 14.5. The average Bonchev–Trinajstić information content (AvgIpc) is 3.12. The van der Waals surface area contributed by atoms with Gasteiger partial charge < -0.3 is 24.7 Å². The molecule has 2 aromatic carbocycles. The van der Waals surface area contributed by atoms with Crippen LogP contribution in [-0.4, -0.2) is 24.9 Å². The van der Waals surface area contributed by atoms with E-state index < -0.39 is 12.0 Å². The lowest BCUT2D eigenvalue weighted by molar-refractivity contribution is -0.690. The maximum absolute atomic E-state index is 11.1. The van der Waals surface area contributed by atoms with Gasteiger partial charge in [0.25, 0.3) is 0 Å². The van der Waals surface area contributed by atoms with E-state index >= 15 is 0 Å². The number of carbonyl (C=O) groups is 1. The fourth-order valence-electron chi connectivity index (χ4n) is 2.85. The van der Waals surface area contributed by atoms with Gasteiger partial charge >= 0.3 is 0 Å². The van der Waals surface area contributed by atoms with Gasteiger partial charge in [-0.2, -0.15) is 0 Å². The Kier molecular flexibility index (Phi) is 6.11. The third-order valence-corrected chi connectivity index (χ3v) is 6.31. The lowest BCUT2D eigenvalue weighted by atomic mass is 10.1. The van der Waals surface area contributed by atoms with Crippen LogP contribution in [0, 0.1) is 6.92 Å². The van der Waals surface area contributed by atoms with Crippen molar-refractivity contribution in [1.82, 2.24) is 0 Å². The second kappa shape index (κ2) is 8.33. The van der Waals surface area contributed by atoms with Crippen molar-refractivity contribution < 1.29 is 24.7 Å². The van der Waals surface area contributed by atoms with Crippen LogP contribution in [0.1, 0.15) is 22.1 Å². The Morgan fingerprint density at radius 2 is 2.15 bits per heavy atom. The molecule has 1 aliphatic rings. The number of aliphatic carboxylic acids is 1. The van der Waals surface area contributed by atoms with Crippen LogP contribution in [0.2, 0.25) is 0 Å². The summed E-state index contributed by atoms with van der Waals surface area (Å²) in [5.74, 6) is 0.760. The Labute approximate surface area is 165 Å². The van der Waals surface area contributed by atoms with Gasteiger partial charge in [0.15, 0.2) is 16.9 Å². The maximum atomic E-state index is 11.1. The highest BCUT2D eigenvalue weighted by Gasteiger charge is 2.32. The SMILES string of the molecule is COc1cc(C2[NH2+]C(C(=O)[O-])CS2)cc(Br)c1OCc1ccccc1C. The number of thioether (sulfide) groups is 1. The zero-order valence-corrected chi connectivity index (χ0v) is 16.9. The minimum absolute atomic E-state index is 0.00600. The molecule has 0 aliphatic carbocycles. The molecule has 2 N–H and O–H groups in total. The molecule has 0 saturated carbocycles. The largest absolute Gasteiger partial charge is 0.544 e. The summed E-state index contributed by atoms with van der Waals surface area (Å²) in [6, 6.07) is 11.4. The number of rotatable bonds is 6. The highest BCUT2D eigenvalue weighted by atomic mass is 79.9. The molecular formula is C19H20BrNO4S. The molecule has 1 fully saturated rings. The van der Waals surface area contributed by atoms with Gasteiger partial charge in [-0.3, -0.25) is 0 Å². The summed E-state index contributed by atoms with van der Waals surface area (Å²) < 4.78 is 12.3. The third kappa shape index (κ3) is 4.16. The lowest BCUT2D eigenvalue weighted by Crippen LogP contribution is -2.90. The molecule has 3 rings (SSSR count). The fourth-order valence-corrected chi connectivity index (χ4v) is 4.71. The number of halogens is 1. The van der Waals surface area contributed by atoms with Crippen molar-refractivity contribution in [1.29, 1.82) is 0 Å². The molecule has 0 amide bonds. The molecule has 1 heterocycles. The van der Waals surface area contributed by atoms with E-state index in [1.54, 1.807) is 18.9 Å². The molecule has 1 aliphatic heterocycles. The Balaban J connectivity index is 1.79. The zero-order chi connectivity index (χ0) is 18.7. The predicted molar refractivity (Wildman–Crippen MR) is 102 cm³/mol. The van der Waals surface area contributed by atoms with Gasteiger partial charge in [0.05, 0.1) is 17.3 Å². The van der Waals surface area contributed by atoms with Crippen molar-refractivity contribution >= 4 is 33.7 Å². The van der Waals surface area contributed by atoms with E-state index in [0.29, 0.717) is 23.9 Å². The predicted octanol–water partition coefficient (Wildman–Crippen LogP) is 1.77. The summed E-state index contributed by atoms with van der Waals surface area (Å²) >= 11 is 5.15. The molecule has 2 unspecified atom stereocenters. The summed E-state index contributed by atoms with van der Waals surface area (Å²) in [6.07, 6.45) is 0. The number of aryl methyl sites for hydroxylation is 1. The lowest BCUT2D eigenvalue weighted by Gasteiger charge is -2.17. The van der Waals surface area contributed by atoms with Gasteiger partial charge in [0.2, 0.25) is 0 Å². The number of ether oxygens (including phenoxy) is 2. The Bertz CT molecular complexity index is 814. The van der Waals surface area contributed by atoms with Gasteiger partial charge in [0.1, 0.15) is 18.6 Å². The summed E-state index contributed by atoms with van der Waals surface area (Å²) in [7, 11) is 1.60. The molecule has 138 valence electrons. The first kappa shape index (κ1) is 19.1. The fraction of sp³-hybridized carbons (Fsp3) is 0.316. The Morgan fingerprint density at radius 1 is 1.38 bits per heavy atom. The van der Waals surface area contributed by atoms with Crippen LogP contribution in [-0.2, 0) is 11.4 Å². The monoisotopic (exact) mass is 437 g/mol. The standard InChI is InChI=1S/C19H20BrNO4S/c1-11-5-3-4-6-12(11)9-25-17-14(20)7-13(8-16(17)24-2)18-21-15(10-26-18)19(22)23/h3-8,15,18,21H,9-10H2,1-2H3,(H,22,23). The summed E-state index contributed by atoms with van der Waals surface area (Å²) in [5.41, 5.74) is 3.26. The number of carboxylic acids is 1. The molecule has 26 heavy (non-hydrogen) atoms. The molecule has 2 atom stereocenters. The Hall–Kier alpha value is -1.70. The quantitative estimate of drug-likeness (QED) is 0.744. The van der Waals surface area contributed by atoms with Crippen molar-refractivity contribution in [2.75, 3.05) is 12.9 Å². The number of carbonyl (C=O) groups excluding carboxylic acids is 1. The number of carboxylic acid groups (broad SMARTS) is 1. The van der Waals surface area contributed by atoms with Crippen LogP contribution in [0.15, 0.2) is 40.9 Å². The first-order chi connectivity index (χ1) is 12.5. The molecule has 0 bridgehead atoms. The number of nitrogens with two attached hydrogens (primary N) is 1. The number of quaternary nitrogens is 1. The van der Waals surface area contributed by atoms with E-state index in [1.165, 1.54) is 5.56 Å². The highest BCUT2D eigenvalue weighted by Crippen LogP contribution is 2.40. The van der Waals surface area contributed by atoms with Gasteiger partial charge in [0, 0.05) is 5.56 Å². The van der Waals surface area contributed by atoms with Crippen LogP contribution in [0.3, 0.4) is 0 Å². The van der Waals surface area contributed by atoms with Gasteiger partial charge in [-0.1, -0.05) is 36.0 Å². The number of benzene rings is 2. The molecule has 1 saturated heterocycles. The van der Waals surface area contributed by atoms with Gasteiger partial charge in [-0.25, -0.2) is 0 Å². The minimum Gasteiger partial charge on any atom is -0.544 e. The summed E-state index contributed by atoms with van der Waals surface area (Å²) in [4.78, 5) is 11.1. The Morgan fingerprint density at radius 3 is 2.81 bits per heavy atom. The van der Waals surface area contributed by atoms with Crippen LogP contribution < -0.4 is 19.9 Å². The number of hydrogen-bond donors (Lipinski definition) is 1. The van der Waals surface area contributed by atoms with E-state index in [2.05, 4.69) is 28.9 Å². The maximum Gasteiger partial charge on any atom is 0.175 e. The van der Waals surface area contributed by atoms with Crippen molar-refractivity contribution in [3.05, 3.63) is 57.6 Å². The molecule has 0 aromatic heterocycles. The van der Waals surface area contributed by atoms with Crippen LogP contribution in [0.25, 0.3) is 0 Å². The normalized spacial score (nSPS) is 19.3. The average molecular weight is 438 g/mol. The minimum atomic E-state index is -1.02. The van der Waals surface area contributed by atoms with E-state index in [1.807, 2.05) is 35.6 Å². The van der Waals surface area contributed by atoms with Crippen LogP contribution >= 0.6 is 27.7 Å². The highest BCUT2D eigenvalue weighted by molar-refractivity contribution is 9.10. The second-order valence-corrected chi connectivity index (χ2v) is 8.15. The molecule has 0 spiro atoms. The van der Waals surface area contributed by atoms with Gasteiger partial charge in [-0.15, -0.1) is 0 Å². The van der Waals surface area contributed by atoms with Crippen molar-refractivity contribution in [2.24, 2.45) is 0 Å². The second-order valence-electron chi connectivity index (χ2n) is 6.12. The molecule has 0 radical (unpaired) electrons. The van der Waals surface area contributed by atoms with E-state index in [9.17, 15) is 9.90 Å². The number of methoxy groups -OCH3 is 1. The first-order valence-electron chi connectivity index (χ1n) is 8.21. The van der Waals surface area contributed by atoms with Crippen LogP contribution in [0.4, 0.5) is 0 Å².